The third-order valence-corrected chi connectivity index (χ3v) is 3.33. The molecule has 4 heteroatoms. The molecule has 2 amide bonds. The van der Waals surface area contributed by atoms with Gasteiger partial charge in [0.05, 0.1) is 11.4 Å². The first-order valence-corrected chi connectivity index (χ1v) is 6.93. The van der Waals surface area contributed by atoms with E-state index >= 15 is 0 Å². The zero-order valence-corrected chi connectivity index (χ0v) is 12.7. The lowest BCUT2D eigenvalue weighted by Gasteiger charge is -2.18. The number of para-hydroxylation sites is 2. The third kappa shape index (κ3) is 3.99. The van der Waals surface area contributed by atoms with Crippen LogP contribution in [0.2, 0.25) is 0 Å². The largest absolute Gasteiger partial charge is 0.376 e. The van der Waals surface area contributed by atoms with Crippen LogP contribution in [0.1, 0.15) is 11.1 Å². The number of benzene rings is 2. The van der Waals surface area contributed by atoms with Gasteiger partial charge in [-0.2, -0.15) is 0 Å². The number of aryl methyl sites for hydroxylation is 1. The van der Waals surface area contributed by atoms with Crippen LogP contribution < -0.4 is 15.5 Å². The first kappa shape index (κ1) is 14.9. The van der Waals surface area contributed by atoms with Crippen LogP contribution in [-0.4, -0.2) is 20.1 Å². The molecule has 0 aliphatic heterocycles. The van der Waals surface area contributed by atoms with Crippen LogP contribution in [0.4, 0.5) is 16.2 Å². The summed E-state index contributed by atoms with van der Waals surface area (Å²) in [7, 11) is 3.90. The van der Waals surface area contributed by atoms with Gasteiger partial charge in [0, 0.05) is 20.6 Å². The Labute approximate surface area is 125 Å². The molecular formula is C17H21N3O. The van der Waals surface area contributed by atoms with Gasteiger partial charge in [-0.15, -0.1) is 0 Å². The highest BCUT2D eigenvalue weighted by molar-refractivity contribution is 5.93. The molecule has 0 heterocycles. The average Bonchev–Trinajstić information content (AvgIpc) is 2.47. The van der Waals surface area contributed by atoms with Crippen LogP contribution in [-0.2, 0) is 6.54 Å². The number of nitrogens with one attached hydrogen (secondary N) is 2. The fraction of sp³-hybridized carbons (Fsp3) is 0.235. The van der Waals surface area contributed by atoms with Crippen molar-refractivity contribution < 1.29 is 4.79 Å². The van der Waals surface area contributed by atoms with E-state index in [0.29, 0.717) is 6.54 Å². The number of nitrogens with zero attached hydrogens (tertiary/aromatic N) is 1. The van der Waals surface area contributed by atoms with Gasteiger partial charge in [0.1, 0.15) is 0 Å². The standard InChI is InChI=1S/C17H21N3O/c1-13-8-4-5-9-14(13)12-18-17(21)19-15-10-6-7-11-16(15)20(2)3/h4-11H,12H2,1-3H3,(H2,18,19,21). The van der Waals surface area contributed by atoms with Crippen LogP contribution in [0.15, 0.2) is 48.5 Å². The summed E-state index contributed by atoms with van der Waals surface area (Å²) in [5.41, 5.74) is 4.06. The number of urea groups is 1. The predicted molar refractivity (Wildman–Crippen MR) is 87.8 cm³/mol. The molecule has 0 spiro atoms. The zero-order valence-electron chi connectivity index (χ0n) is 12.7. The molecule has 21 heavy (non-hydrogen) atoms. The second kappa shape index (κ2) is 6.79. The first-order valence-electron chi connectivity index (χ1n) is 6.93. The maximum Gasteiger partial charge on any atom is 0.319 e. The molecular weight excluding hydrogens is 262 g/mol. The normalized spacial score (nSPS) is 10.0. The third-order valence-electron chi connectivity index (χ3n) is 3.33. The van der Waals surface area contributed by atoms with Gasteiger partial charge < -0.3 is 15.5 Å². The fourth-order valence-electron chi connectivity index (χ4n) is 2.12. The molecule has 2 N–H and O–H groups in total. The number of carbonyl (C=O) groups is 1. The Balaban J connectivity index is 1.98. The SMILES string of the molecule is Cc1ccccc1CNC(=O)Nc1ccccc1N(C)C. The van der Waals surface area contributed by atoms with Crippen molar-refractivity contribution in [1.82, 2.24) is 5.32 Å². The Kier molecular flexibility index (Phi) is 4.82. The van der Waals surface area contributed by atoms with Crippen molar-refractivity contribution >= 4 is 17.4 Å². The molecule has 0 bridgehead atoms. The lowest BCUT2D eigenvalue weighted by molar-refractivity contribution is 0.251. The first-order chi connectivity index (χ1) is 10.1. The van der Waals surface area contributed by atoms with Crippen molar-refractivity contribution in [3.63, 3.8) is 0 Å². The van der Waals surface area contributed by atoms with E-state index in [1.807, 2.05) is 74.4 Å². The van der Waals surface area contributed by atoms with Crippen LogP contribution in [0.3, 0.4) is 0 Å². The van der Waals surface area contributed by atoms with Crippen LogP contribution in [0.5, 0.6) is 0 Å². The molecule has 2 rings (SSSR count). The maximum atomic E-state index is 12.0. The summed E-state index contributed by atoms with van der Waals surface area (Å²) in [6, 6.07) is 15.5. The summed E-state index contributed by atoms with van der Waals surface area (Å²) in [4.78, 5) is 14.0. The van der Waals surface area contributed by atoms with Gasteiger partial charge in [-0.3, -0.25) is 0 Å². The second-order valence-corrected chi connectivity index (χ2v) is 5.15. The molecule has 4 nitrogen and oxygen atoms in total. The van der Waals surface area contributed by atoms with Gasteiger partial charge in [-0.25, -0.2) is 4.79 Å². The minimum Gasteiger partial charge on any atom is -0.376 e. The van der Waals surface area contributed by atoms with Gasteiger partial charge in [-0.1, -0.05) is 36.4 Å². The van der Waals surface area contributed by atoms with Gasteiger partial charge in [0.15, 0.2) is 0 Å². The minimum atomic E-state index is -0.201. The molecule has 2 aromatic carbocycles. The predicted octanol–water partition coefficient (Wildman–Crippen LogP) is 3.38. The van der Waals surface area contributed by atoms with E-state index in [1.54, 1.807) is 0 Å². The number of hydrogen-bond acceptors (Lipinski definition) is 2. The van der Waals surface area contributed by atoms with E-state index in [0.717, 1.165) is 16.9 Å². The number of amides is 2. The van der Waals surface area contributed by atoms with Crippen molar-refractivity contribution in [2.24, 2.45) is 0 Å². The summed E-state index contributed by atoms with van der Waals surface area (Å²) >= 11 is 0. The van der Waals surface area contributed by atoms with Gasteiger partial charge >= 0.3 is 6.03 Å². The summed E-state index contributed by atoms with van der Waals surface area (Å²) in [6.07, 6.45) is 0. The molecule has 0 aliphatic carbocycles. The van der Waals surface area contributed by atoms with E-state index in [2.05, 4.69) is 10.6 Å². The van der Waals surface area contributed by atoms with Crippen molar-refractivity contribution in [2.45, 2.75) is 13.5 Å². The van der Waals surface area contributed by atoms with Crippen molar-refractivity contribution in [3.8, 4) is 0 Å². The molecule has 0 atom stereocenters. The van der Waals surface area contributed by atoms with E-state index in [9.17, 15) is 4.79 Å². The summed E-state index contributed by atoms with van der Waals surface area (Å²) in [5.74, 6) is 0. The Morgan fingerprint density at radius 2 is 1.71 bits per heavy atom. The topological polar surface area (TPSA) is 44.4 Å². The summed E-state index contributed by atoms with van der Waals surface area (Å²) < 4.78 is 0. The van der Waals surface area contributed by atoms with E-state index in [-0.39, 0.29) is 6.03 Å². The molecule has 0 aliphatic rings. The maximum absolute atomic E-state index is 12.0. The van der Waals surface area contributed by atoms with E-state index in [4.69, 9.17) is 0 Å². The van der Waals surface area contributed by atoms with Gasteiger partial charge in [0.2, 0.25) is 0 Å². The van der Waals surface area contributed by atoms with Crippen LogP contribution in [0.25, 0.3) is 0 Å². The summed E-state index contributed by atoms with van der Waals surface area (Å²) in [5, 5.41) is 5.78. The van der Waals surface area contributed by atoms with Gasteiger partial charge in [0.25, 0.3) is 0 Å². The molecule has 0 radical (unpaired) electrons. The highest BCUT2D eigenvalue weighted by atomic mass is 16.2. The zero-order chi connectivity index (χ0) is 15.2. The Bertz CT molecular complexity index is 623. The van der Waals surface area contributed by atoms with E-state index < -0.39 is 0 Å². The molecule has 0 fully saturated rings. The highest BCUT2D eigenvalue weighted by Gasteiger charge is 2.07. The van der Waals surface area contributed by atoms with Gasteiger partial charge in [-0.05, 0) is 30.2 Å². The molecule has 110 valence electrons. The molecule has 0 saturated carbocycles. The van der Waals surface area contributed by atoms with Crippen molar-refractivity contribution in [1.29, 1.82) is 0 Å². The molecule has 0 saturated heterocycles. The molecule has 0 aromatic heterocycles. The molecule has 0 unspecified atom stereocenters. The summed E-state index contributed by atoms with van der Waals surface area (Å²) in [6.45, 7) is 2.55. The lowest BCUT2D eigenvalue weighted by atomic mass is 10.1. The number of rotatable bonds is 4. The van der Waals surface area contributed by atoms with Crippen molar-refractivity contribution in [3.05, 3.63) is 59.7 Å². The average molecular weight is 283 g/mol. The lowest BCUT2D eigenvalue weighted by Crippen LogP contribution is -2.29. The Morgan fingerprint density at radius 3 is 2.43 bits per heavy atom. The van der Waals surface area contributed by atoms with Crippen LogP contribution in [0, 0.1) is 6.92 Å². The smallest absolute Gasteiger partial charge is 0.319 e. The Hall–Kier alpha value is -2.49. The van der Waals surface area contributed by atoms with Crippen molar-refractivity contribution in [2.75, 3.05) is 24.3 Å². The number of hydrogen-bond donors (Lipinski definition) is 2. The van der Waals surface area contributed by atoms with E-state index in [1.165, 1.54) is 5.56 Å². The Morgan fingerprint density at radius 1 is 1.05 bits per heavy atom. The monoisotopic (exact) mass is 283 g/mol. The van der Waals surface area contributed by atoms with Crippen LogP contribution >= 0.6 is 0 Å². The minimum absolute atomic E-state index is 0.201. The number of carbonyl (C=O) groups excluding carboxylic acids is 1. The fourth-order valence-corrected chi connectivity index (χ4v) is 2.12. The second-order valence-electron chi connectivity index (χ2n) is 5.15. The molecule has 2 aromatic rings. The number of anilines is 2. The highest BCUT2D eigenvalue weighted by Crippen LogP contribution is 2.23. The quantitative estimate of drug-likeness (QED) is 0.903.